The van der Waals surface area contributed by atoms with Crippen molar-refractivity contribution in [1.82, 2.24) is 10.2 Å². The van der Waals surface area contributed by atoms with E-state index in [2.05, 4.69) is 5.32 Å². The lowest BCUT2D eigenvalue weighted by molar-refractivity contribution is -0.139. The molecule has 1 heterocycles. The van der Waals surface area contributed by atoms with E-state index in [1.807, 2.05) is 30.3 Å². The average Bonchev–Trinajstić information content (AvgIpc) is 3.45. The first-order chi connectivity index (χ1) is 18.3. The fourth-order valence-electron chi connectivity index (χ4n) is 4.87. The summed E-state index contributed by atoms with van der Waals surface area (Å²) in [6.07, 6.45) is 4.56. The van der Waals surface area contributed by atoms with Crippen LogP contribution in [0.4, 0.5) is 5.69 Å². The third kappa shape index (κ3) is 6.78. The van der Waals surface area contributed by atoms with E-state index in [1.54, 1.807) is 25.1 Å². The van der Waals surface area contributed by atoms with Gasteiger partial charge in [0.25, 0.3) is 0 Å². The number of fused-ring (bicyclic) bond motifs is 1. The number of nitrogens with one attached hydrogen (secondary N) is 1. The lowest BCUT2D eigenvalue weighted by Crippen LogP contribution is -2.53. The summed E-state index contributed by atoms with van der Waals surface area (Å²) < 4.78 is 38.6. The molecule has 206 valence electrons. The Hall–Kier alpha value is -3.27. The third-order valence-corrected chi connectivity index (χ3v) is 8.89. The molecule has 1 aliphatic carbocycles. The van der Waals surface area contributed by atoms with Gasteiger partial charge < -0.3 is 19.7 Å². The van der Waals surface area contributed by atoms with Crippen LogP contribution in [0.15, 0.2) is 48.5 Å². The highest BCUT2D eigenvalue weighted by molar-refractivity contribution is 7.92. The van der Waals surface area contributed by atoms with Crippen molar-refractivity contribution in [2.75, 3.05) is 36.4 Å². The van der Waals surface area contributed by atoms with Gasteiger partial charge in [-0.05, 0) is 50.8 Å². The zero-order valence-electron chi connectivity index (χ0n) is 22.1. The number of carbonyl (C=O) groups is 2. The molecule has 1 atom stereocenters. The quantitative estimate of drug-likeness (QED) is 0.467. The molecule has 9 nitrogen and oxygen atoms in total. The summed E-state index contributed by atoms with van der Waals surface area (Å²) in [6.45, 7) is 3.87. The van der Waals surface area contributed by atoms with Crippen LogP contribution >= 0.6 is 0 Å². The summed E-state index contributed by atoms with van der Waals surface area (Å²) in [5.41, 5.74) is 1.34. The summed E-state index contributed by atoms with van der Waals surface area (Å²) in [5, 5.41) is 3.08. The van der Waals surface area contributed by atoms with E-state index in [4.69, 9.17) is 9.47 Å². The topological polar surface area (TPSA) is 105 Å². The first-order valence-corrected chi connectivity index (χ1v) is 14.9. The SMILES string of the molecule is CCS(=O)(=O)N(CC(=O)N(CCc1ccccc1)[C@@H](C)C(=O)NC1CCCC1)c1ccc2c(c1)OCCO2. The second kappa shape index (κ2) is 12.5. The van der Waals surface area contributed by atoms with Gasteiger partial charge in [0.15, 0.2) is 11.5 Å². The summed E-state index contributed by atoms with van der Waals surface area (Å²) in [7, 11) is -3.81. The fourth-order valence-corrected chi connectivity index (χ4v) is 5.92. The number of carbonyl (C=O) groups excluding carboxylic acids is 2. The normalized spacial score (nSPS) is 16.1. The Balaban J connectivity index is 1.58. The van der Waals surface area contributed by atoms with Crippen LogP contribution in [-0.4, -0.2) is 69.3 Å². The number of rotatable bonds is 11. The van der Waals surface area contributed by atoms with E-state index in [-0.39, 0.29) is 24.2 Å². The van der Waals surface area contributed by atoms with E-state index < -0.39 is 28.5 Å². The second-order valence-electron chi connectivity index (χ2n) is 9.72. The van der Waals surface area contributed by atoms with Gasteiger partial charge in [0.1, 0.15) is 25.8 Å². The van der Waals surface area contributed by atoms with Crippen molar-refractivity contribution in [2.24, 2.45) is 0 Å². The molecule has 1 fully saturated rings. The van der Waals surface area contributed by atoms with Gasteiger partial charge in [0, 0.05) is 18.7 Å². The number of amides is 2. The maximum absolute atomic E-state index is 13.8. The number of nitrogens with zero attached hydrogens (tertiary/aromatic N) is 2. The Morgan fingerprint density at radius 2 is 1.71 bits per heavy atom. The maximum atomic E-state index is 13.8. The minimum atomic E-state index is -3.81. The summed E-state index contributed by atoms with van der Waals surface area (Å²) in [5.74, 6) is 0.116. The van der Waals surface area contributed by atoms with E-state index in [1.165, 1.54) is 11.8 Å². The van der Waals surface area contributed by atoms with Crippen molar-refractivity contribution in [3.8, 4) is 11.5 Å². The summed E-state index contributed by atoms with van der Waals surface area (Å²) >= 11 is 0. The largest absolute Gasteiger partial charge is 0.486 e. The minimum Gasteiger partial charge on any atom is -0.486 e. The van der Waals surface area contributed by atoms with E-state index in [9.17, 15) is 18.0 Å². The van der Waals surface area contributed by atoms with E-state index in [0.717, 1.165) is 35.6 Å². The smallest absolute Gasteiger partial charge is 0.244 e. The fraction of sp³-hybridized carbons (Fsp3) is 0.500. The second-order valence-corrected chi connectivity index (χ2v) is 11.9. The molecule has 1 aliphatic heterocycles. The Bertz CT molecular complexity index is 1210. The number of hydrogen-bond acceptors (Lipinski definition) is 6. The highest BCUT2D eigenvalue weighted by Gasteiger charge is 2.32. The molecule has 2 amide bonds. The summed E-state index contributed by atoms with van der Waals surface area (Å²) in [4.78, 5) is 28.4. The molecular weight excluding hydrogens is 506 g/mol. The van der Waals surface area contributed by atoms with Crippen molar-refractivity contribution in [2.45, 2.75) is 58.0 Å². The van der Waals surface area contributed by atoms with Gasteiger partial charge in [-0.2, -0.15) is 0 Å². The summed E-state index contributed by atoms with van der Waals surface area (Å²) in [6, 6.07) is 13.9. The highest BCUT2D eigenvalue weighted by Crippen LogP contribution is 2.35. The Morgan fingerprint density at radius 1 is 1.03 bits per heavy atom. The molecule has 0 spiro atoms. The highest BCUT2D eigenvalue weighted by atomic mass is 32.2. The maximum Gasteiger partial charge on any atom is 0.244 e. The molecular formula is C28H37N3O6S. The molecule has 0 unspecified atom stereocenters. The van der Waals surface area contributed by atoms with Gasteiger partial charge in [-0.25, -0.2) is 8.42 Å². The van der Waals surface area contributed by atoms with Crippen LogP contribution in [0.5, 0.6) is 11.5 Å². The Labute approximate surface area is 225 Å². The Kier molecular flexibility index (Phi) is 9.14. The monoisotopic (exact) mass is 543 g/mol. The van der Waals surface area contributed by atoms with Crippen LogP contribution < -0.4 is 19.1 Å². The van der Waals surface area contributed by atoms with Crippen LogP contribution in [-0.2, 0) is 26.0 Å². The van der Waals surface area contributed by atoms with Gasteiger partial charge in [-0.3, -0.25) is 13.9 Å². The van der Waals surface area contributed by atoms with Gasteiger partial charge in [0.2, 0.25) is 21.8 Å². The standard InChI is InChI=1S/C28H37N3O6S/c1-3-38(34,35)31(24-13-14-25-26(19-24)37-18-17-36-25)20-27(32)30(16-15-22-9-5-4-6-10-22)21(2)28(33)29-23-11-7-8-12-23/h4-6,9-10,13-14,19,21,23H,3,7-8,11-12,15-18,20H2,1-2H3,(H,29,33)/t21-/m0/s1. The first-order valence-electron chi connectivity index (χ1n) is 13.3. The van der Waals surface area contributed by atoms with Gasteiger partial charge in [0.05, 0.1) is 11.4 Å². The Morgan fingerprint density at radius 3 is 2.39 bits per heavy atom. The lowest BCUT2D eigenvalue weighted by atomic mass is 10.1. The number of benzene rings is 2. The van der Waals surface area contributed by atoms with E-state index >= 15 is 0 Å². The third-order valence-electron chi connectivity index (χ3n) is 7.15. The number of anilines is 1. The molecule has 0 saturated heterocycles. The zero-order chi connectivity index (χ0) is 27.1. The van der Waals surface area contributed by atoms with Crippen LogP contribution in [0.25, 0.3) is 0 Å². The predicted molar refractivity (Wildman–Crippen MR) is 146 cm³/mol. The number of hydrogen-bond donors (Lipinski definition) is 1. The molecule has 0 radical (unpaired) electrons. The van der Waals surface area contributed by atoms with Crippen LogP contribution in [0, 0.1) is 0 Å². The molecule has 1 N–H and O–H groups in total. The molecule has 2 aromatic carbocycles. The van der Waals surface area contributed by atoms with Crippen molar-refractivity contribution in [1.29, 1.82) is 0 Å². The van der Waals surface area contributed by atoms with Crippen LogP contribution in [0.3, 0.4) is 0 Å². The van der Waals surface area contributed by atoms with Gasteiger partial charge >= 0.3 is 0 Å². The molecule has 1 saturated carbocycles. The van der Waals surface area contributed by atoms with Crippen molar-refractivity contribution >= 4 is 27.5 Å². The molecule has 2 aromatic rings. The molecule has 0 aromatic heterocycles. The molecule has 38 heavy (non-hydrogen) atoms. The van der Waals surface area contributed by atoms with Crippen molar-refractivity contribution < 1.29 is 27.5 Å². The zero-order valence-corrected chi connectivity index (χ0v) is 22.9. The molecule has 2 aliphatic rings. The van der Waals surface area contributed by atoms with Crippen molar-refractivity contribution in [3.05, 3.63) is 54.1 Å². The van der Waals surface area contributed by atoms with Crippen LogP contribution in [0.1, 0.15) is 45.1 Å². The molecule has 0 bridgehead atoms. The molecule has 10 heteroatoms. The van der Waals surface area contributed by atoms with Gasteiger partial charge in [-0.1, -0.05) is 43.2 Å². The predicted octanol–water partition coefficient (Wildman–Crippen LogP) is 3.13. The average molecular weight is 544 g/mol. The molecule has 4 rings (SSSR count). The lowest BCUT2D eigenvalue weighted by Gasteiger charge is -2.32. The minimum absolute atomic E-state index is 0.116. The van der Waals surface area contributed by atoms with Gasteiger partial charge in [-0.15, -0.1) is 0 Å². The first kappa shape index (κ1) is 27.8. The van der Waals surface area contributed by atoms with E-state index in [0.29, 0.717) is 36.8 Å². The number of ether oxygens (including phenoxy) is 2. The van der Waals surface area contributed by atoms with Crippen molar-refractivity contribution in [3.63, 3.8) is 0 Å². The van der Waals surface area contributed by atoms with Crippen LogP contribution in [0.2, 0.25) is 0 Å². The number of sulfonamides is 1.